The number of fused-ring (bicyclic) bond motifs is 2. The molecule has 118 valence electrons. The van der Waals surface area contributed by atoms with E-state index in [1.54, 1.807) is 11.9 Å². The number of hydrogen-bond donors (Lipinski definition) is 1. The van der Waals surface area contributed by atoms with Gasteiger partial charge in [-0.15, -0.1) is 0 Å². The standard InChI is InChI=1S/C15H18ClN3O3/c1-18(12-7-10-3-4-11(8-12)17-10)15(20)13-5-2-9(16)6-14(13)19(21)22/h2,5-6,10-12,17H,3-4,7-8H2,1H3. The molecule has 3 rings (SSSR count). The van der Waals surface area contributed by atoms with Crippen LogP contribution in [0.3, 0.4) is 0 Å². The van der Waals surface area contributed by atoms with Gasteiger partial charge in [0.25, 0.3) is 11.6 Å². The summed E-state index contributed by atoms with van der Waals surface area (Å²) in [6.07, 6.45) is 4.09. The second-order valence-corrected chi connectivity index (χ2v) is 6.53. The summed E-state index contributed by atoms with van der Waals surface area (Å²) < 4.78 is 0. The minimum atomic E-state index is -0.556. The fourth-order valence-electron chi connectivity index (χ4n) is 3.54. The highest BCUT2D eigenvalue weighted by atomic mass is 35.5. The fraction of sp³-hybridized carbons (Fsp3) is 0.533. The van der Waals surface area contributed by atoms with Crippen LogP contribution in [0.25, 0.3) is 0 Å². The lowest BCUT2D eigenvalue weighted by molar-refractivity contribution is -0.385. The molecule has 2 bridgehead atoms. The Morgan fingerprint density at radius 3 is 2.59 bits per heavy atom. The molecule has 2 aliphatic heterocycles. The number of nitro groups is 1. The minimum absolute atomic E-state index is 0.0998. The molecular formula is C15H18ClN3O3. The molecule has 0 aliphatic carbocycles. The normalized spacial score (nSPS) is 26.7. The van der Waals surface area contributed by atoms with Crippen LogP contribution in [0.1, 0.15) is 36.0 Å². The Bertz CT molecular complexity index is 610. The van der Waals surface area contributed by atoms with Crippen molar-refractivity contribution < 1.29 is 9.72 Å². The van der Waals surface area contributed by atoms with E-state index in [1.165, 1.54) is 18.2 Å². The first-order chi connectivity index (χ1) is 10.5. The summed E-state index contributed by atoms with van der Waals surface area (Å²) in [5.74, 6) is -0.310. The first kappa shape index (κ1) is 15.2. The van der Waals surface area contributed by atoms with E-state index in [0.717, 1.165) is 25.7 Å². The maximum atomic E-state index is 12.7. The summed E-state index contributed by atoms with van der Waals surface area (Å²) in [5, 5.41) is 14.9. The summed E-state index contributed by atoms with van der Waals surface area (Å²) in [6, 6.07) is 5.23. The van der Waals surface area contributed by atoms with Crippen LogP contribution in [0.5, 0.6) is 0 Å². The van der Waals surface area contributed by atoms with Gasteiger partial charge in [-0.3, -0.25) is 14.9 Å². The van der Waals surface area contributed by atoms with Crippen molar-refractivity contribution in [3.63, 3.8) is 0 Å². The van der Waals surface area contributed by atoms with E-state index in [-0.39, 0.29) is 28.2 Å². The van der Waals surface area contributed by atoms with Crippen molar-refractivity contribution >= 4 is 23.2 Å². The number of rotatable bonds is 3. The maximum absolute atomic E-state index is 12.7. The van der Waals surface area contributed by atoms with Gasteiger partial charge in [0.2, 0.25) is 0 Å². The number of benzene rings is 1. The molecule has 2 heterocycles. The molecule has 1 N–H and O–H groups in total. The van der Waals surface area contributed by atoms with Gasteiger partial charge in [-0.2, -0.15) is 0 Å². The predicted octanol–water partition coefficient (Wildman–Crippen LogP) is 2.60. The molecule has 0 saturated carbocycles. The molecule has 7 heteroatoms. The molecule has 2 aliphatic rings. The molecule has 2 unspecified atom stereocenters. The molecule has 1 aromatic rings. The highest BCUT2D eigenvalue weighted by molar-refractivity contribution is 6.31. The fourth-order valence-corrected chi connectivity index (χ4v) is 3.70. The smallest absolute Gasteiger partial charge is 0.283 e. The van der Waals surface area contributed by atoms with Crippen molar-refractivity contribution in [1.82, 2.24) is 10.2 Å². The van der Waals surface area contributed by atoms with E-state index in [2.05, 4.69) is 5.32 Å². The quantitative estimate of drug-likeness (QED) is 0.685. The molecule has 22 heavy (non-hydrogen) atoms. The number of carbonyl (C=O) groups is 1. The molecule has 0 radical (unpaired) electrons. The molecule has 2 atom stereocenters. The molecule has 2 fully saturated rings. The summed E-state index contributed by atoms with van der Waals surface area (Å²) in [5.41, 5.74) is -0.135. The monoisotopic (exact) mass is 323 g/mol. The Balaban J connectivity index is 1.83. The third-order valence-electron chi connectivity index (χ3n) is 4.70. The topological polar surface area (TPSA) is 75.5 Å². The Hall–Kier alpha value is -1.66. The van der Waals surface area contributed by atoms with Gasteiger partial charge < -0.3 is 10.2 Å². The summed E-state index contributed by atoms with van der Waals surface area (Å²) in [6.45, 7) is 0. The third-order valence-corrected chi connectivity index (χ3v) is 4.94. The van der Waals surface area contributed by atoms with Crippen molar-refractivity contribution in [2.24, 2.45) is 0 Å². The number of carbonyl (C=O) groups excluding carboxylic acids is 1. The van der Waals surface area contributed by atoms with E-state index in [9.17, 15) is 14.9 Å². The Kier molecular flexibility index (Phi) is 4.06. The van der Waals surface area contributed by atoms with Crippen LogP contribution in [0.4, 0.5) is 5.69 Å². The number of amides is 1. The Labute approximate surface area is 133 Å². The van der Waals surface area contributed by atoms with Crippen LogP contribution in [0.2, 0.25) is 5.02 Å². The van der Waals surface area contributed by atoms with Crippen LogP contribution in [-0.2, 0) is 0 Å². The molecule has 6 nitrogen and oxygen atoms in total. The average Bonchev–Trinajstić information content (AvgIpc) is 2.84. The van der Waals surface area contributed by atoms with E-state index in [1.807, 2.05) is 0 Å². The maximum Gasteiger partial charge on any atom is 0.283 e. The Morgan fingerprint density at radius 1 is 1.36 bits per heavy atom. The molecule has 1 aromatic carbocycles. The van der Waals surface area contributed by atoms with Gasteiger partial charge in [0.05, 0.1) is 4.92 Å². The van der Waals surface area contributed by atoms with Crippen molar-refractivity contribution in [2.45, 2.75) is 43.8 Å². The summed E-state index contributed by atoms with van der Waals surface area (Å²) in [7, 11) is 1.73. The highest BCUT2D eigenvalue weighted by Crippen LogP contribution is 2.31. The van der Waals surface area contributed by atoms with E-state index in [0.29, 0.717) is 12.1 Å². The van der Waals surface area contributed by atoms with Gasteiger partial charge in [0.15, 0.2) is 0 Å². The third kappa shape index (κ3) is 2.80. The van der Waals surface area contributed by atoms with E-state index in [4.69, 9.17) is 11.6 Å². The van der Waals surface area contributed by atoms with Gasteiger partial charge in [-0.25, -0.2) is 0 Å². The van der Waals surface area contributed by atoms with Crippen LogP contribution in [0, 0.1) is 10.1 Å². The van der Waals surface area contributed by atoms with Gasteiger partial charge in [0.1, 0.15) is 5.56 Å². The number of halogens is 1. The zero-order chi connectivity index (χ0) is 15.9. The van der Waals surface area contributed by atoms with E-state index >= 15 is 0 Å². The molecule has 1 amide bonds. The van der Waals surface area contributed by atoms with E-state index < -0.39 is 4.92 Å². The first-order valence-corrected chi connectivity index (χ1v) is 7.80. The second kappa shape index (κ2) is 5.85. The number of hydrogen-bond acceptors (Lipinski definition) is 4. The number of piperidine rings is 1. The molecular weight excluding hydrogens is 306 g/mol. The highest BCUT2D eigenvalue weighted by Gasteiger charge is 2.37. The number of nitro benzene ring substituents is 1. The van der Waals surface area contributed by atoms with Crippen LogP contribution in [0.15, 0.2) is 18.2 Å². The van der Waals surface area contributed by atoms with Gasteiger partial charge in [-0.1, -0.05) is 11.6 Å². The van der Waals surface area contributed by atoms with Crippen molar-refractivity contribution in [1.29, 1.82) is 0 Å². The van der Waals surface area contributed by atoms with Gasteiger partial charge in [0, 0.05) is 36.3 Å². The lowest BCUT2D eigenvalue weighted by Gasteiger charge is -2.35. The summed E-state index contributed by atoms with van der Waals surface area (Å²) in [4.78, 5) is 24.9. The summed E-state index contributed by atoms with van der Waals surface area (Å²) >= 11 is 5.80. The average molecular weight is 324 g/mol. The number of nitrogens with zero attached hydrogens (tertiary/aromatic N) is 2. The van der Waals surface area contributed by atoms with Gasteiger partial charge in [-0.05, 0) is 37.8 Å². The van der Waals surface area contributed by atoms with Crippen LogP contribution in [-0.4, -0.2) is 40.9 Å². The van der Waals surface area contributed by atoms with Crippen molar-refractivity contribution in [3.05, 3.63) is 38.9 Å². The van der Waals surface area contributed by atoms with Crippen molar-refractivity contribution in [3.8, 4) is 0 Å². The van der Waals surface area contributed by atoms with Crippen LogP contribution >= 0.6 is 11.6 Å². The lowest BCUT2D eigenvalue weighted by Crippen LogP contribution is -2.48. The SMILES string of the molecule is CN(C(=O)c1ccc(Cl)cc1[N+](=O)[O-])C1CC2CCC(C1)N2. The van der Waals surface area contributed by atoms with Crippen LogP contribution < -0.4 is 5.32 Å². The van der Waals surface area contributed by atoms with Gasteiger partial charge >= 0.3 is 0 Å². The zero-order valence-corrected chi connectivity index (χ0v) is 13.0. The molecule has 0 spiro atoms. The number of nitrogens with one attached hydrogen (secondary N) is 1. The minimum Gasteiger partial charge on any atom is -0.338 e. The Morgan fingerprint density at radius 2 is 2.00 bits per heavy atom. The predicted molar refractivity (Wildman–Crippen MR) is 83.2 cm³/mol. The largest absolute Gasteiger partial charge is 0.338 e. The van der Waals surface area contributed by atoms with Crippen molar-refractivity contribution in [2.75, 3.05) is 7.05 Å². The molecule has 0 aromatic heterocycles. The lowest BCUT2D eigenvalue weighted by atomic mass is 9.97. The zero-order valence-electron chi connectivity index (χ0n) is 12.3. The second-order valence-electron chi connectivity index (χ2n) is 6.10. The molecule has 2 saturated heterocycles. The first-order valence-electron chi connectivity index (χ1n) is 7.43.